The zero-order valence-electron chi connectivity index (χ0n) is 12.2. The lowest BCUT2D eigenvalue weighted by Crippen LogP contribution is -2.15. The van der Waals surface area contributed by atoms with Gasteiger partial charge in [0, 0.05) is 5.75 Å². The van der Waals surface area contributed by atoms with Gasteiger partial charge in [-0.1, -0.05) is 35.9 Å². The topological polar surface area (TPSA) is 29.1 Å². The lowest BCUT2D eigenvalue weighted by Gasteiger charge is -2.07. The van der Waals surface area contributed by atoms with Gasteiger partial charge in [0.2, 0.25) is 5.91 Å². The van der Waals surface area contributed by atoms with Crippen LogP contribution in [0.3, 0.4) is 0 Å². The summed E-state index contributed by atoms with van der Waals surface area (Å²) in [5.41, 5.74) is 3.47. The summed E-state index contributed by atoms with van der Waals surface area (Å²) in [5.74, 6) is 0.493. The van der Waals surface area contributed by atoms with Crippen LogP contribution >= 0.6 is 11.8 Å². The number of hydrogen-bond acceptors (Lipinski definition) is 2. The number of carbonyl (C=O) groups excluding carboxylic acids is 1. The predicted molar refractivity (Wildman–Crippen MR) is 87.1 cm³/mol. The normalized spacial score (nSPS) is 10.4. The van der Waals surface area contributed by atoms with E-state index < -0.39 is 5.82 Å². The Labute approximate surface area is 128 Å². The Morgan fingerprint density at radius 2 is 1.76 bits per heavy atom. The summed E-state index contributed by atoms with van der Waals surface area (Å²) in [6.45, 7) is 3.85. The van der Waals surface area contributed by atoms with Crippen molar-refractivity contribution in [3.8, 4) is 0 Å². The first-order valence-corrected chi connectivity index (χ1v) is 7.89. The third-order valence-electron chi connectivity index (χ3n) is 3.02. The largest absolute Gasteiger partial charge is 0.323 e. The molecular weight excluding hydrogens is 285 g/mol. The molecule has 21 heavy (non-hydrogen) atoms. The molecule has 0 unspecified atom stereocenters. The molecule has 0 aliphatic carbocycles. The fourth-order valence-electron chi connectivity index (χ4n) is 1.85. The second-order valence-electron chi connectivity index (χ2n) is 5.01. The first kappa shape index (κ1) is 15.6. The Balaban J connectivity index is 1.81. The number of thioether (sulfide) groups is 1. The maximum Gasteiger partial charge on any atom is 0.234 e. The van der Waals surface area contributed by atoms with Gasteiger partial charge in [-0.2, -0.15) is 0 Å². The van der Waals surface area contributed by atoms with Crippen LogP contribution in [0.25, 0.3) is 0 Å². The Kier molecular flexibility index (Phi) is 5.39. The van der Waals surface area contributed by atoms with Gasteiger partial charge in [0.1, 0.15) is 5.82 Å². The fraction of sp³-hybridized carbons (Fsp3) is 0.235. The summed E-state index contributed by atoms with van der Waals surface area (Å²) < 4.78 is 13.6. The van der Waals surface area contributed by atoms with E-state index in [9.17, 15) is 9.18 Å². The molecule has 4 heteroatoms. The van der Waals surface area contributed by atoms with Crippen LogP contribution in [0.1, 0.15) is 16.7 Å². The third kappa shape index (κ3) is 4.90. The van der Waals surface area contributed by atoms with E-state index in [0.29, 0.717) is 5.75 Å². The van der Waals surface area contributed by atoms with Crippen LogP contribution in [-0.4, -0.2) is 11.7 Å². The molecule has 0 spiro atoms. The smallest absolute Gasteiger partial charge is 0.234 e. The van der Waals surface area contributed by atoms with E-state index in [0.717, 1.165) is 11.3 Å². The Hall–Kier alpha value is -1.81. The highest BCUT2D eigenvalue weighted by Crippen LogP contribution is 2.17. The molecule has 0 radical (unpaired) electrons. The molecule has 0 aliphatic rings. The summed E-state index contributed by atoms with van der Waals surface area (Å²) in [5, 5.41) is 2.60. The quantitative estimate of drug-likeness (QED) is 0.891. The van der Waals surface area contributed by atoms with Crippen LogP contribution in [0.15, 0.2) is 42.5 Å². The molecule has 1 amide bonds. The molecule has 2 aromatic carbocycles. The van der Waals surface area contributed by atoms with E-state index in [-0.39, 0.29) is 11.6 Å². The average Bonchev–Trinajstić information content (AvgIpc) is 2.44. The number of aryl methyl sites for hydroxylation is 2. The Morgan fingerprint density at radius 1 is 1.10 bits per heavy atom. The van der Waals surface area contributed by atoms with Crippen molar-refractivity contribution in [1.29, 1.82) is 0 Å². The van der Waals surface area contributed by atoms with Crippen LogP contribution in [0.5, 0.6) is 0 Å². The summed E-state index contributed by atoms with van der Waals surface area (Å²) in [6, 6.07) is 13.0. The second-order valence-corrected chi connectivity index (χ2v) is 6.00. The van der Waals surface area contributed by atoms with Gasteiger partial charge in [0.05, 0.1) is 11.4 Å². The van der Waals surface area contributed by atoms with Crippen LogP contribution in [0.4, 0.5) is 10.1 Å². The Morgan fingerprint density at radius 3 is 2.43 bits per heavy atom. The number of benzene rings is 2. The van der Waals surface area contributed by atoms with Crippen molar-refractivity contribution in [2.24, 2.45) is 0 Å². The number of halogens is 1. The van der Waals surface area contributed by atoms with E-state index in [1.54, 1.807) is 12.1 Å². The first-order chi connectivity index (χ1) is 10.0. The molecule has 0 fully saturated rings. The average molecular weight is 303 g/mol. The molecule has 0 aliphatic heterocycles. The maximum atomic E-state index is 13.6. The molecule has 0 aromatic heterocycles. The molecule has 110 valence electrons. The van der Waals surface area contributed by atoms with E-state index >= 15 is 0 Å². The summed E-state index contributed by atoms with van der Waals surface area (Å²) >= 11 is 1.51. The molecular formula is C17H18FNOS. The number of nitrogens with one attached hydrogen (secondary N) is 1. The van der Waals surface area contributed by atoms with Crippen molar-refractivity contribution in [2.75, 3.05) is 11.1 Å². The van der Waals surface area contributed by atoms with Crippen molar-refractivity contribution < 1.29 is 9.18 Å². The summed E-state index contributed by atoms with van der Waals surface area (Å²) in [4.78, 5) is 11.8. The SMILES string of the molecule is Cc1ccc(CSCC(=O)Nc2ccc(C)cc2F)cc1. The molecule has 0 saturated heterocycles. The van der Waals surface area contributed by atoms with E-state index in [1.807, 2.05) is 13.8 Å². The Bertz CT molecular complexity index is 625. The van der Waals surface area contributed by atoms with Gasteiger partial charge in [-0.15, -0.1) is 11.8 Å². The number of anilines is 1. The molecule has 0 saturated carbocycles. The number of hydrogen-bond donors (Lipinski definition) is 1. The zero-order valence-corrected chi connectivity index (χ0v) is 13.0. The molecule has 1 N–H and O–H groups in total. The highest BCUT2D eigenvalue weighted by Gasteiger charge is 2.07. The highest BCUT2D eigenvalue weighted by atomic mass is 32.2. The van der Waals surface area contributed by atoms with Gasteiger partial charge < -0.3 is 5.32 Å². The zero-order chi connectivity index (χ0) is 15.2. The van der Waals surface area contributed by atoms with E-state index in [4.69, 9.17) is 0 Å². The van der Waals surface area contributed by atoms with Crippen LogP contribution < -0.4 is 5.32 Å². The molecule has 0 heterocycles. The van der Waals surface area contributed by atoms with Gasteiger partial charge in [-0.3, -0.25) is 4.79 Å². The van der Waals surface area contributed by atoms with Crippen molar-refractivity contribution in [3.63, 3.8) is 0 Å². The summed E-state index contributed by atoms with van der Waals surface area (Å²) in [7, 11) is 0. The monoisotopic (exact) mass is 303 g/mol. The van der Waals surface area contributed by atoms with Crippen LogP contribution in [0, 0.1) is 19.7 Å². The minimum atomic E-state index is -0.396. The number of rotatable bonds is 5. The highest BCUT2D eigenvalue weighted by molar-refractivity contribution is 7.99. The van der Waals surface area contributed by atoms with Crippen LogP contribution in [-0.2, 0) is 10.5 Å². The maximum absolute atomic E-state index is 13.6. The molecule has 2 rings (SSSR count). The lowest BCUT2D eigenvalue weighted by atomic mass is 10.2. The van der Waals surface area contributed by atoms with Gasteiger partial charge in [-0.25, -0.2) is 4.39 Å². The summed E-state index contributed by atoms with van der Waals surface area (Å²) in [6.07, 6.45) is 0. The molecule has 2 aromatic rings. The van der Waals surface area contributed by atoms with E-state index in [1.165, 1.54) is 29.0 Å². The molecule has 2 nitrogen and oxygen atoms in total. The molecule has 0 bridgehead atoms. The van der Waals surface area contributed by atoms with Gasteiger partial charge in [0.25, 0.3) is 0 Å². The van der Waals surface area contributed by atoms with Crippen molar-refractivity contribution in [2.45, 2.75) is 19.6 Å². The minimum absolute atomic E-state index is 0.185. The predicted octanol–water partition coefficient (Wildman–Crippen LogP) is 4.31. The van der Waals surface area contributed by atoms with Gasteiger partial charge >= 0.3 is 0 Å². The van der Waals surface area contributed by atoms with Gasteiger partial charge in [0.15, 0.2) is 0 Å². The van der Waals surface area contributed by atoms with E-state index in [2.05, 4.69) is 29.6 Å². The van der Waals surface area contributed by atoms with Crippen molar-refractivity contribution in [1.82, 2.24) is 0 Å². The second kappa shape index (κ2) is 7.27. The van der Waals surface area contributed by atoms with Crippen molar-refractivity contribution >= 4 is 23.4 Å². The fourth-order valence-corrected chi connectivity index (χ4v) is 2.64. The number of carbonyl (C=O) groups is 1. The lowest BCUT2D eigenvalue weighted by molar-refractivity contribution is -0.113. The third-order valence-corrected chi connectivity index (χ3v) is 4.02. The standard InChI is InChI=1S/C17H18FNOS/c1-12-3-6-14(7-4-12)10-21-11-17(20)19-16-8-5-13(2)9-15(16)18/h3-9H,10-11H2,1-2H3,(H,19,20). The minimum Gasteiger partial charge on any atom is -0.323 e. The van der Waals surface area contributed by atoms with Crippen LogP contribution in [0.2, 0.25) is 0 Å². The first-order valence-electron chi connectivity index (χ1n) is 6.74. The molecule has 0 atom stereocenters. The van der Waals surface area contributed by atoms with Gasteiger partial charge in [-0.05, 0) is 37.1 Å². The van der Waals surface area contributed by atoms with Crippen molar-refractivity contribution in [3.05, 3.63) is 65.0 Å². The number of amides is 1.